The molecule has 0 aliphatic rings. The predicted molar refractivity (Wildman–Crippen MR) is 70.8 cm³/mol. The van der Waals surface area contributed by atoms with Gasteiger partial charge in [0.25, 0.3) is 5.69 Å². The summed E-state index contributed by atoms with van der Waals surface area (Å²) in [5.41, 5.74) is 0.963. The van der Waals surface area contributed by atoms with Gasteiger partial charge in [0.05, 0.1) is 10.3 Å². The maximum atomic E-state index is 10.9. The van der Waals surface area contributed by atoms with Gasteiger partial charge in [-0.15, -0.1) is 0 Å². The maximum Gasteiger partial charge on any atom is 0.277 e. The minimum Gasteiger partial charge on any atom is -0.383 e. The molecule has 0 saturated carbocycles. The first-order valence-corrected chi connectivity index (χ1v) is 5.63. The number of likely N-dealkylation sites (N-methyl/N-ethyl adjacent to an activating group) is 1. The first-order chi connectivity index (χ1) is 8.74. The Kier molecular flexibility index (Phi) is 3.69. The average molecular weight is 246 g/mol. The first kappa shape index (κ1) is 12.3. The van der Waals surface area contributed by atoms with Crippen molar-refractivity contribution in [3.63, 3.8) is 0 Å². The van der Waals surface area contributed by atoms with E-state index in [1.54, 1.807) is 24.5 Å². The van der Waals surface area contributed by atoms with Crippen LogP contribution in [-0.4, -0.2) is 30.0 Å². The number of non-ortho nitro benzene ring substituents is 1. The summed E-state index contributed by atoms with van der Waals surface area (Å²) in [5, 5.41) is 18.6. The molecular weight excluding hydrogens is 232 g/mol. The molecule has 0 spiro atoms. The van der Waals surface area contributed by atoms with E-state index in [1.807, 2.05) is 7.05 Å². The molecule has 0 fully saturated rings. The van der Waals surface area contributed by atoms with Crippen molar-refractivity contribution in [2.75, 3.05) is 25.5 Å². The average Bonchev–Trinajstić information content (AvgIpc) is 2.38. The highest BCUT2D eigenvalue weighted by molar-refractivity contribution is 5.99. The van der Waals surface area contributed by atoms with Gasteiger partial charge in [-0.25, -0.2) is 0 Å². The van der Waals surface area contributed by atoms with Gasteiger partial charge in [-0.3, -0.25) is 15.1 Å². The molecule has 0 amide bonds. The summed E-state index contributed by atoms with van der Waals surface area (Å²) in [4.78, 5) is 14.6. The minimum atomic E-state index is -0.375. The number of nitro groups is 1. The Balaban J connectivity index is 2.44. The molecule has 0 saturated heterocycles. The first-order valence-electron chi connectivity index (χ1n) is 5.63. The van der Waals surface area contributed by atoms with Gasteiger partial charge in [-0.1, -0.05) is 0 Å². The fourth-order valence-electron chi connectivity index (χ4n) is 1.81. The molecule has 0 aliphatic carbocycles. The van der Waals surface area contributed by atoms with E-state index < -0.39 is 0 Å². The van der Waals surface area contributed by atoms with Crippen LogP contribution in [0.5, 0.6) is 0 Å². The van der Waals surface area contributed by atoms with Crippen LogP contribution in [-0.2, 0) is 0 Å². The van der Waals surface area contributed by atoms with E-state index in [4.69, 9.17) is 0 Å². The third-order valence-corrected chi connectivity index (χ3v) is 2.68. The van der Waals surface area contributed by atoms with E-state index in [9.17, 15) is 10.1 Å². The van der Waals surface area contributed by atoms with Crippen LogP contribution in [0.3, 0.4) is 0 Å². The van der Waals surface area contributed by atoms with Crippen molar-refractivity contribution < 1.29 is 4.92 Å². The number of benzene rings is 1. The summed E-state index contributed by atoms with van der Waals surface area (Å²) in [5.74, 6) is 0. The third-order valence-electron chi connectivity index (χ3n) is 2.68. The van der Waals surface area contributed by atoms with Crippen LogP contribution < -0.4 is 10.6 Å². The van der Waals surface area contributed by atoms with E-state index in [-0.39, 0.29) is 10.6 Å². The van der Waals surface area contributed by atoms with Crippen LogP contribution in [0.1, 0.15) is 0 Å². The van der Waals surface area contributed by atoms with Crippen LogP contribution in [0.15, 0.2) is 30.6 Å². The van der Waals surface area contributed by atoms with Crippen LogP contribution in [0.25, 0.3) is 10.8 Å². The van der Waals surface area contributed by atoms with Gasteiger partial charge in [-0.05, 0) is 19.2 Å². The van der Waals surface area contributed by atoms with E-state index in [1.165, 1.54) is 6.07 Å². The molecule has 6 nitrogen and oxygen atoms in total. The Hall–Kier alpha value is -2.21. The number of hydrogen-bond acceptors (Lipinski definition) is 5. The number of hydrogen-bond donors (Lipinski definition) is 2. The lowest BCUT2D eigenvalue weighted by Gasteiger charge is -2.09. The summed E-state index contributed by atoms with van der Waals surface area (Å²) in [6.07, 6.45) is 3.21. The van der Waals surface area contributed by atoms with Crippen molar-refractivity contribution in [2.45, 2.75) is 0 Å². The summed E-state index contributed by atoms with van der Waals surface area (Å²) >= 11 is 0. The van der Waals surface area contributed by atoms with Gasteiger partial charge < -0.3 is 10.6 Å². The lowest BCUT2D eigenvalue weighted by Crippen LogP contribution is -2.17. The highest BCUT2D eigenvalue weighted by atomic mass is 16.6. The van der Waals surface area contributed by atoms with E-state index in [2.05, 4.69) is 15.6 Å². The Labute approximate surface area is 104 Å². The van der Waals surface area contributed by atoms with Crippen molar-refractivity contribution in [1.82, 2.24) is 10.3 Å². The third kappa shape index (κ3) is 2.38. The SMILES string of the molecule is CNCCNc1ccc([N+](=O)[O-])c2ccncc12. The molecule has 94 valence electrons. The number of fused-ring (bicyclic) bond motifs is 1. The molecule has 2 aromatic rings. The smallest absolute Gasteiger partial charge is 0.277 e. The monoisotopic (exact) mass is 246 g/mol. The number of pyridine rings is 1. The molecule has 18 heavy (non-hydrogen) atoms. The van der Waals surface area contributed by atoms with Crippen molar-refractivity contribution in [3.8, 4) is 0 Å². The van der Waals surface area contributed by atoms with Crippen molar-refractivity contribution in [1.29, 1.82) is 0 Å². The van der Waals surface area contributed by atoms with Gasteiger partial charge in [0.2, 0.25) is 0 Å². The van der Waals surface area contributed by atoms with E-state index in [0.29, 0.717) is 5.39 Å². The summed E-state index contributed by atoms with van der Waals surface area (Å²) < 4.78 is 0. The van der Waals surface area contributed by atoms with Crippen molar-refractivity contribution in [3.05, 3.63) is 40.7 Å². The normalized spacial score (nSPS) is 10.5. The van der Waals surface area contributed by atoms with E-state index in [0.717, 1.165) is 24.2 Å². The quantitative estimate of drug-likeness (QED) is 0.477. The lowest BCUT2D eigenvalue weighted by molar-refractivity contribution is -0.383. The summed E-state index contributed by atoms with van der Waals surface area (Å²) in [6.45, 7) is 1.57. The van der Waals surface area contributed by atoms with Gasteiger partial charge in [0, 0.05) is 42.6 Å². The van der Waals surface area contributed by atoms with Gasteiger partial charge in [-0.2, -0.15) is 0 Å². The second-order valence-electron chi connectivity index (χ2n) is 3.84. The molecule has 0 unspecified atom stereocenters. The Morgan fingerprint density at radius 3 is 2.83 bits per heavy atom. The molecule has 0 aliphatic heterocycles. The Bertz CT molecular complexity index is 571. The van der Waals surface area contributed by atoms with Crippen LogP contribution in [0.4, 0.5) is 11.4 Å². The molecule has 1 aromatic carbocycles. The standard InChI is InChI=1S/C12H14N4O2/c1-13-6-7-15-11-2-3-12(16(17)18)9-4-5-14-8-10(9)11/h2-5,8,13,15H,6-7H2,1H3. The number of nitro benzene ring substituents is 1. The van der Waals surface area contributed by atoms with E-state index >= 15 is 0 Å². The summed E-state index contributed by atoms with van der Waals surface area (Å²) in [7, 11) is 1.87. The number of anilines is 1. The second kappa shape index (κ2) is 5.42. The van der Waals surface area contributed by atoms with Gasteiger partial charge in [0.15, 0.2) is 0 Å². The molecule has 1 aromatic heterocycles. The maximum absolute atomic E-state index is 10.9. The summed E-state index contributed by atoms with van der Waals surface area (Å²) in [6, 6.07) is 4.90. The minimum absolute atomic E-state index is 0.103. The number of nitrogens with one attached hydrogen (secondary N) is 2. The topological polar surface area (TPSA) is 80.1 Å². The largest absolute Gasteiger partial charge is 0.383 e. The molecule has 0 radical (unpaired) electrons. The van der Waals surface area contributed by atoms with Crippen LogP contribution in [0.2, 0.25) is 0 Å². The fourth-order valence-corrected chi connectivity index (χ4v) is 1.81. The van der Waals surface area contributed by atoms with Crippen LogP contribution in [0, 0.1) is 10.1 Å². The molecule has 1 heterocycles. The number of nitrogens with zero attached hydrogens (tertiary/aromatic N) is 2. The fraction of sp³-hybridized carbons (Fsp3) is 0.250. The zero-order valence-corrected chi connectivity index (χ0v) is 10.0. The Morgan fingerprint density at radius 1 is 1.28 bits per heavy atom. The lowest BCUT2D eigenvalue weighted by atomic mass is 10.1. The number of rotatable bonds is 5. The predicted octanol–water partition coefficient (Wildman–Crippen LogP) is 1.77. The molecule has 0 bridgehead atoms. The van der Waals surface area contributed by atoms with Crippen molar-refractivity contribution in [2.24, 2.45) is 0 Å². The molecule has 2 rings (SSSR count). The molecule has 6 heteroatoms. The molecular formula is C12H14N4O2. The van der Waals surface area contributed by atoms with Gasteiger partial charge >= 0.3 is 0 Å². The van der Waals surface area contributed by atoms with Crippen LogP contribution >= 0.6 is 0 Å². The van der Waals surface area contributed by atoms with Crippen molar-refractivity contribution >= 4 is 22.1 Å². The highest BCUT2D eigenvalue weighted by Crippen LogP contribution is 2.30. The zero-order valence-electron chi connectivity index (χ0n) is 10.0. The zero-order chi connectivity index (χ0) is 13.0. The Morgan fingerprint density at radius 2 is 2.11 bits per heavy atom. The molecule has 2 N–H and O–H groups in total. The van der Waals surface area contributed by atoms with Gasteiger partial charge in [0.1, 0.15) is 0 Å². The molecule has 0 atom stereocenters. The number of aromatic nitrogens is 1. The second-order valence-corrected chi connectivity index (χ2v) is 3.84. The highest BCUT2D eigenvalue weighted by Gasteiger charge is 2.13.